The summed E-state index contributed by atoms with van der Waals surface area (Å²) in [7, 11) is 0. The van der Waals surface area contributed by atoms with Gasteiger partial charge in [0.2, 0.25) is 11.8 Å². The number of fused-ring (bicyclic) bond motifs is 1. The van der Waals surface area contributed by atoms with E-state index in [2.05, 4.69) is 6.07 Å². The van der Waals surface area contributed by atoms with Gasteiger partial charge in [-0.25, -0.2) is 0 Å². The Bertz CT molecular complexity index is 641. The first kappa shape index (κ1) is 18.9. The van der Waals surface area contributed by atoms with Crippen molar-refractivity contribution >= 4 is 11.8 Å². The first-order valence-corrected chi connectivity index (χ1v) is 9.54. The van der Waals surface area contributed by atoms with Crippen LogP contribution in [0, 0.1) is 0 Å². The fourth-order valence-electron chi connectivity index (χ4n) is 3.86. The Kier molecular flexibility index (Phi) is 6.27. The van der Waals surface area contributed by atoms with Crippen LogP contribution in [-0.2, 0) is 27.3 Å². The molecule has 3 rings (SSSR count). The zero-order valence-corrected chi connectivity index (χ0v) is 15.5. The highest BCUT2D eigenvalue weighted by Crippen LogP contribution is 2.26. The van der Waals surface area contributed by atoms with Gasteiger partial charge in [-0.2, -0.15) is 0 Å². The molecule has 0 aromatic heterocycles. The van der Waals surface area contributed by atoms with Gasteiger partial charge in [0.1, 0.15) is 6.04 Å². The molecule has 1 fully saturated rings. The molecular weight excluding hydrogens is 330 g/mol. The number of rotatable bonds is 5. The number of amides is 2. The molecule has 2 aliphatic rings. The summed E-state index contributed by atoms with van der Waals surface area (Å²) < 4.78 is 5.82. The molecule has 0 radical (unpaired) electrons. The van der Waals surface area contributed by atoms with Gasteiger partial charge in [0.25, 0.3) is 0 Å². The fraction of sp³-hybridized carbons (Fsp3) is 0.600. The molecule has 1 saturated heterocycles. The van der Waals surface area contributed by atoms with Crippen LogP contribution in [0.15, 0.2) is 24.3 Å². The van der Waals surface area contributed by atoms with Crippen LogP contribution in [-0.4, -0.2) is 60.0 Å². The van der Waals surface area contributed by atoms with Gasteiger partial charge in [-0.3, -0.25) is 9.59 Å². The van der Waals surface area contributed by atoms with E-state index in [1.807, 2.05) is 23.1 Å². The standard InChI is InChI=1S/C20H29N3O3/c1-15(24)23-14-17-6-3-2-5-16(17)13-19(23)20(25)22-10-7-18(8-11-22)26-12-4-9-21/h2-3,5-6,18-19H,4,7-14,21H2,1H3. The van der Waals surface area contributed by atoms with Gasteiger partial charge in [0, 0.05) is 39.6 Å². The van der Waals surface area contributed by atoms with E-state index in [1.165, 1.54) is 5.56 Å². The van der Waals surface area contributed by atoms with Crippen molar-refractivity contribution in [3.05, 3.63) is 35.4 Å². The van der Waals surface area contributed by atoms with E-state index in [0.29, 0.717) is 39.2 Å². The van der Waals surface area contributed by atoms with Crippen LogP contribution in [0.4, 0.5) is 0 Å². The number of carbonyl (C=O) groups is 2. The molecular formula is C20H29N3O3. The molecule has 2 aliphatic heterocycles. The van der Waals surface area contributed by atoms with Crippen molar-refractivity contribution < 1.29 is 14.3 Å². The summed E-state index contributed by atoms with van der Waals surface area (Å²) in [6.07, 6.45) is 3.37. The molecule has 2 amide bonds. The van der Waals surface area contributed by atoms with Crippen molar-refractivity contribution in [3.8, 4) is 0 Å². The third kappa shape index (κ3) is 4.24. The van der Waals surface area contributed by atoms with Crippen LogP contribution in [0.3, 0.4) is 0 Å². The Morgan fingerprint density at radius 2 is 1.88 bits per heavy atom. The lowest BCUT2D eigenvalue weighted by Gasteiger charge is -2.40. The summed E-state index contributed by atoms with van der Waals surface area (Å²) in [4.78, 5) is 28.9. The van der Waals surface area contributed by atoms with Crippen LogP contribution in [0.1, 0.15) is 37.3 Å². The number of likely N-dealkylation sites (tertiary alicyclic amines) is 1. The SMILES string of the molecule is CC(=O)N1Cc2ccccc2CC1C(=O)N1CCC(OCCCN)CC1. The van der Waals surface area contributed by atoms with Gasteiger partial charge < -0.3 is 20.3 Å². The summed E-state index contributed by atoms with van der Waals surface area (Å²) in [6.45, 7) is 4.77. The summed E-state index contributed by atoms with van der Waals surface area (Å²) >= 11 is 0. The number of hydrogen-bond donors (Lipinski definition) is 1. The topological polar surface area (TPSA) is 75.9 Å². The van der Waals surface area contributed by atoms with E-state index in [1.54, 1.807) is 11.8 Å². The summed E-state index contributed by atoms with van der Waals surface area (Å²) in [5.74, 6) is 0.0213. The van der Waals surface area contributed by atoms with E-state index in [4.69, 9.17) is 10.5 Å². The Hall–Kier alpha value is -1.92. The number of ether oxygens (including phenoxy) is 1. The lowest BCUT2D eigenvalue weighted by atomic mass is 9.92. The first-order valence-electron chi connectivity index (χ1n) is 9.54. The summed E-state index contributed by atoms with van der Waals surface area (Å²) in [6, 6.07) is 7.68. The third-order valence-corrected chi connectivity index (χ3v) is 5.39. The predicted octanol–water partition coefficient (Wildman–Crippen LogP) is 1.32. The second-order valence-corrected chi connectivity index (χ2v) is 7.17. The monoisotopic (exact) mass is 359 g/mol. The van der Waals surface area contributed by atoms with Crippen LogP contribution < -0.4 is 5.73 Å². The molecule has 1 aromatic carbocycles. The van der Waals surface area contributed by atoms with Crippen LogP contribution >= 0.6 is 0 Å². The highest BCUT2D eigenvalue weighted by atomic mass is 16.5. The number of piperidine rings is 1. The number of nitrogens with two attached hydrogens (primary N) is 1. The van der Waals surface area contributed by atoms with E-state index >= 15 is 0 Å². The van der Waals surface area contributed by atoms with Crippen molar-refractivity contribution in [3.63, 3.8) is 0 Å². The van der Waals surface area contributed by atoms with Gasteiger partial charge >= 0.3 is 0 Å². The van der Waals surface area contributed by atoms with Gasteiger partial charge in [-0.1, -0.05) is 24.3 Å². The van der Waals surface area contributed by atoms with E-state index in [9.17, 15) is 9.59 Å². The smallest absolute Gasteiger partial charge is 0.245 e. The van der Waals surface area contributed by atoms with Gasteiger partial charge in [0.15, 0.2) is 0 Å². The van der Waals surface area contributed by atoms with Crippen molar-refractivity contribution in [1.29, 1.82) is 0 Å². The van der Waals surface area contributed by atoms with Crippen molar-refractivity contribution in [2.45, 2.75) is 51.3 Å². The predicted molar refractivity (Wildman–Crippen MR) is 99.4 cm³/mol. The number of hydrogen-bond acceptors (Lipinski definition) is 4. The molecule has 6 heteroatoms. The molecule has 2 heterocycles. The Balaban J connectivity index is 1.62. The average Bonchev–Trinajstić information content (AvgIpc) is 2.67. The highest BCUT2D eigenvalue weighted by Gasteiger charge is 2.36. The maximum absolute atomic E-state index is 13.1. The van der Waals surface area contributed by atoms with E-state index in [-0.39, 0.29) is 17.9 Å². The average molecular weight is 359 g/mol. The largest absolute Gasteiger partial charge is 0.378 e. The molecule has 6 nitrogen and oxygen atoms in total. The Morgan fingerprint density at radius 3 is 2.54 bits per heavy atom. The summed E-state index contributed by atoms with van der Waals surface area (Å²) in [5.41, 5.74) is 7.80. The lowest BCUT2D eigenvalue weighted by molar-refractivity contribution is -0.147. The molecule has 26 heavy (non-hydrogen) atoms. The second-order valence-electron chi connectivity index (χ2n) is 7.17. The van der Waals surface area contributed by atoms with Gasteiger partial charge in [0.05, 0.1) is 6.10 Å². The molecule has 0 aliphatic carbocycles. The van der Waals surface area contributed by atoms with E-state index in [0.717, 1.165) is 24.8 Å². The minimum atomic E-state index is -0.392. The van der Waals surface area contributed by atoms with Crippen molar-refractivity contribution in [1.82, 2.24) is 9.80 Å². The molecule has 1 atom stereocenters. The van der Waals surface area contributed by atoms with Crippen LogP contribution in [0.2, 0.25) is 0 Å². The zero-order chi connectivity index (χ0) is 18.5. The van der Waals surface area contributed by atoms with Gasteiger partial charge in [-0.15, -0.1) is 0 Å². The minimum Gasteiger partial charge on any atom is -0.378 e. The fourth-order valence-corrected chi connectivity index (χ4v) is 3.86. The normalized spacial score (nSPS) is 20.8. The van der Waals surface area contributed by atoms with Gasteiger partial charge in [-0.05, 0) is 36.9 Å². The van der Waals surface area contributed by atoms with Crippen LogP contribution in [0.25, 0.3) is 0 Å². The third-order valence-electron chi connectivity index (χ3n) is 5.39. The molecule has 0 saturated carbocycles. The van der Waals surface area contributed by atoms with Crippen molar-refractivity contribution in [2.75, 3.05) is 26.2 Å². The minimum absolute atomic E-state index is 0.0437. The maximum atomic E-state index is 13.1. The maximum Gasteiger partial charge on any atom is 0.245 e. The van der Waals surface area contributed by atoms with Crippen LogP contribution in [0.5, 0.6) is 0 Å². The summed E-state index contributed by atoms with van der Waals surface area (Å²) in [5, 5.41) is 0. The molecule has 0 spiro atoms. The van der Waals surface area contributed by atoms with E-state index < -0.39 is 6.04 Å². The zero-order valence-electron chi connectivity index (χ0n) is 15.5. The number of carbonyl (C=O) groups excluding carboxylic acids is 2. The number of nitrogens with zero attached hydrogens (tertiary/aromatic N) is 2. The quantitative estimate of drug-likeness (QED) is 0.805. The van der Waals surface area contributed by atoms with Crippen molar-refractivity contribution in [2.24, 2.45) is 5.73 Å². The molecule has 142 valence electrons. The lowest BCUT2D eigenvalue weighted by Crippen LogP contribution is -2.55. The highest BCUT2D eigenvalue weighted by molar-refractivity contribution is 5.88. The second kappa shape index (κ2) is 8.64. The molecule has 2 N–H and O–H groups in total. The number of benzene rings is 1. The molecule has 1 aromatic rings. The Labute approximate surface area is 155 Å². The molecule has 0 bridgehead atoms. The molecule has 1 unspecified atom stereocenters. The first-order chi connectivity index (χ1) is 12.6. The Morgan fingerprint density at radius 1 is 1.19 bits per heavy atom.